The Morgan fingerprint density at radius 2 is 1.91 bits per heavy atom. The van der Waals surface area contributed by atoms with E-state index in [1.54, 1.807) is 29.2 Å². The summed E-state index contributed by atoms with van der Waals surface area (Å²) in [5.74, 6) is 0.198. The molecule has 2 N–H and O–H groups in total. The second-order valence-corrected chi connectivity index (χ2v) is 8.56. The first kappa shape index (κ1) is 21.7. The van der Waals surface area contributed by atoms with Crippen molar-refractivity contribution in [2.24, 2.45) is 0 Å². The van der Waals surface area contributed by atoms with Gasteiger partial charge in [0.2, 0.25) is 5.91 Å². The second-order valence-electron chi connectivity index (χ2n) is 8.56. The highest BCUT2D eigenvalue weighted by atomic mass is 16.5. The van der Waals surface area contributed by atoms with E-state index in [0.29, 0.717) is 48.5 Å². The number of piperidine rings is 1. The van der Waals surface area contributed by atoms with Crippen LogP contribution >= 0.6 is 0 Å². The summed E-state index contributed by atoms with van der Waals surface area (Å²) in [5, 5.41) is 7.60. The Morgan fingerprint density at radius 1 is 1.12 bits per heavy atom. The Balaban J connectivity index is 1.31. The van der Waals surface area contributed by atoms with Crippen LogP contribution < -0.4 is 15.4 Å². The lowest BCUT2D eigenvalue weighted by Gasteiger charge is -2.30. The van der Waals surface area contributed by atoms with Crippen molar-refractivity contribution in [3.8, 4) is 5.75 Å². The second kappa shape index (κ2) is 8.67. The third kappa shape index (κ3) is 4.01. The molecule has 0 radical (unpaired) electrons. The molecule has 0 aromatic heterocycles. The fourth-order valence-corrected chi connectivity index (χ4v) is 4.56. The highest BCUT2D eigenvalue weighted by molar-refractivity contribution is 6.07. The third-order valence-electron chi connectivity index (χ3n) is 6.28. The van der Waals surface area contributed by atoms with Crippen LogP contribution in [0.1, 0.15) is 46.0 Å². The summed E-state index contributed by atoms with van der Waals surface area (Å²) in [6.45, 7) is 6.66. The summed E-state index contributed by atoms with van der Waals surface area (Å²) in [5.41, 5.74) is 3.17. The summed E-state index contributed by atoms with van der Waals surface area (Å²) in [7, 11) is 0. The quantitative estimate of drug-likeness (QED) is 0.603. The van der Waals surface area contributed by atoms with E-state index >= 15 is 0 Å². The van der Waals surface area contributed by atoms with E-state index in [-0.39, 0.29) is 17.7 Å². The number of carbonyl (C=O) groups is 3. The van der Waals surface area contributed by atoms with Gasteiger partial charge in [-0.15, -0.1) is 0 Å². The maximum absolute atomic E-state index is 12.9. The van der Waals surface area contributed by atoms with Gasteiger partial charge in [0, 0.05) is 29.1 Å². The fourth-order valence-electron chi connectivity index (χ4n) is 4.56. The normalized spacial score (nSPS) is 17.5. The van der Waals surface area contributed by atoms with Crippen LogP contribution in [0.5, 0.6) is 5.75 Å². The van der Waals surface area contributed by atoms with Crippen LogP contribution in [0.25, 0.3) is 10.8 Å². The van der Waals surface area contributed by atoms with E-state index in [9.17, 15) is 14.4 Å². The summed E-state index contributed by atoms with van der Waals surface area (Å²) >= 11 is 0. The van der Waals surface area contributed by atoms with Crippen molar-refractivity contribution in [3.05, 3.63) is 83.6 Å². The number of rotatable bonds is 5. The molecule has 5 rings (SSSR count). The number of allylic oxidation sites excluding steroid dienone is 1. The minimum atomic E-state index is -0.510. The van der Waals surface area contributed by atoms with E-state index in [2.05, 4.69) is 17.2 Å². The van der Waals surface area contributed by atoms with Crippen molar-refractivity contribution in [3.63, 3.8) is 0 Å². The zero-order chi connectivity index (χ0) is 23.8. The van der Waals surface area contributed by atoms with E-state index < -0.39 is 6.04 Å². The molecule has 7 nitrogen and oxygen atoms in total. The highest BCUT2D eigenvalue weighted by Gasteiger charge is 2.38. The van der Waals surface area contributed by atoms with Crippen LogP contribution in [0, 0.1) is 0 Å². The van der Waals surface area contributed by atoms with Gasteiger partial charge in [0.15, 0.2) is 0 Å². The number of ether oxygens (including phenoxy) is 1. The van der Waals surface area contributed by atoms with Crippen molar-refractivity contribution in [1.29, 1.82) is 0 Å². The van der Waals surface area contributed by atoms with Gasteiger partial charge < -0.3 is 20.3 Å². The molecular formula is C27H25N3O4. The molecule has 3 aromatic carbocycles. The van der Waals surface area contributed by atoms with Crippen LogP contribution in [0.2, 0.25) is 0 Å². The van der Waals surface area contributed by atoms with Crippen LogP contribution in [0.4, 0.5) is 5.69 Å². The molecule has 2 aliphatic heterocycles. The largest absolute Gasteiger partial charge is 0.494 e. The molecule has 172 valence electrons. The van der Waals surface area contributed by atoms with E-state index in [0.717, 1.165) is 22.1 Å². The number of amides is 3. The molecule has 0 bridgehead atoms. The van der Waals surface area contributed by atoms with Crippen LogP contribution in [0.3, 0.4) is 0 Å². The number of benzene rings is 3. The summed E-state index contributed by atoms with van der Waals surface area (Å²) in [6, 6.07) is 16.0. The number of carbonyl (C=O) groups excluding carboxylic acids is 3. The summed E-state index contributed by atoms with van der Waals surface area (Å²) < 4.78 is 5.54. The van der Waals surface area contributed by atoms with Gasteiger partial charge in [-0.3, -0.25) is 14.4 Å². The van der Waals surface area contributed by atoms with Crippen molar-refractivity contribution in [1.82, 2.24) is 10.2 Å². The maximum Gasteiger partial charge on any atom is 0.255 e. The van der Waals surface area contributed by atoms with Crippen molar-refractivity contribution < 1.29 is 19.1 Å². The fraction of sp³-hybridized carbons (Fsp3) is 0.222. The predicted molar refractivity (Wildman–Crippen MR) is 130 cm³/mol. The molecule has 1 unspecified atom stereocenters. The van der Waals surface area contributed by atoms with Gasteiger partial charge in [-0.2, -0.15) is 0 Å². The molecule has 2 aliphatic rings. The van der Waals surface area contributed by atoms with E-state index in [4.69, 9.17) is 4.74 Å². The average Bonchev–Trinajstić information content (AvgIpc) is 3.14. The molecular weight excluding hydrogens is 430 g/mol. The molecule has 2 heterocycles. The number of hydrogen-bond donors (Lipinski definition) is 2. The van der Waals surface area contributed by atoms with Crippen LogP contribution in [0.15, 0.2) is 66.9 Å². The van der Waals surface area contributed by atoms with Gasteiger partial charge in [0.25, 0.3) is 11.8 Å². The van der Waals surface area contributed by atoms with Gasteiger partial charge in [-0.05, 0) is 78.6 Å². The maximum atomic E-state index is 12.9. The Hall–Kier alpha value is -4.13. The number of anilines is 1. The Labute approximate surface area is 197 Å². The average molecular weight is 456 g/mol. The molecule has 3 amide bonds. The monoisotopic (exact) mass is 455 g/mol. The molecule has 0 saturated carbocycles. The number of nitrogens with one attached hydrogen (secondary N) is 2. The summed E-state index contributed by atoms with van der Waals surface area (Å²) in [6.07, 6.45) is 1.21. The SMILES string of the molecule is C=C1CCC(N2Cc3cc(NC(=O)c4ccc5cc(OCC)ccc5c4)ccc3C2=O)C(=O)N1. The lowest BCUT2D eigenvalue weighted by Crippen LogP contribution is -2.49. The van der Waals surface area contributed by atoms with Gasteiger partial charge >= 0.3 is 0 Å². The molecule has 0 spiro atoms. The van der Waals surface area contributed by atoms with E-state index in [1.807, 2.05) is 37.3 Å². The Morgan fingerprint density at radius 3 is 2.71 bits per heavy atom. The topological polar surface area (TPSA) is 87.7 Å². The zero-order valence-electron chi connectivity index (χ0n) is 18.9. The lowest BCUT2D eigenvalue weighted by atomic mass is 10.0. The molecule has 1 fully saturated rings. The number of hydrogen-bond acceptors (Lipinski definition) is 4. The first-order valence-electron chi connectivity index (χ1n) is 11.3. The third-order valence-corrected chi connectivity index (χ3v) is 6.28. The first-order valence-corrected chi connectivity index (χ1v) is 11.3. The minimum absolute atomic E-state index is 0.165. The van der Waals surface area contributed by atoms with Crippen LogP contribution in [-0.4, -0.2) is 35.3 Å². The molecule has 34 heavy (non-hydrogen) atoms. The predicted octanol–water partition coefficient (Wildman–Crippen LogP) is 4.24. The molecule has 0 aliphatic carbocycles. The van der Waals surface area contributed by atoms with Gasteiger partial charge in [-0.25, -0.2) is 0 Å². The number of nitrogens with zero attached hydrogens (tertiary/aromatic N) is 1. The molecule has 7 heteroatoms. The zero-order valence-corrected chi connectivity index (χ0v) is 18.9. The molecule has 1 atom stereocenters. The number of fused-ring (bicyclic) bond motifs is 2. The van der Waals surface area contributed by atoms with Gasteiger partial charge in [0.05, 0.1) is 6.61 Å². The van der Waals surface area contributed by atoms with Gasteiger partial charge in [-0.1, -0.05) is 18.7 Å². The van der Waals surface area contributed by atoms with E-state index in [1.165, 1.54) is 0 Å². The smallest absolute Gasteiger partial charge is 0.255 e. The lowest BCUT2D eigenvalue weighted by molar-refractivity contribution is -0.126. The highest BCUT2D eigenvalue weighted by Crippen LogP contribution is 2.30. The van der Waals surface area contributed by atoms with Crippen molar-refractivity contribution >= 4 is 34.2 Å². The Kier molecular flexibility index (Phi) is 5.53. The van der Waals surface area contributed by atoms with Crippen molar-refractivity contribution in [2.75, 3.05) is 11.9 Å². The molecule has 3 aromatic rings. The minimum Gasteiger partial charge on any atom is -0.494 e. The van der Waals surface area contributed by atoms with Crippen molar-refractivity contribution in [2.45, 2.75) is 32.4 Å². The standard InChI is InChI=1S/C27H25N3O4/c1-3-34-22-9-7-17-12-19(6-5-18(17)14-22)25(31)29-21-8-10-23-20(13-21)15-30(27(23)33)24-11-4-16(2)28-26(24)32/h5-10,12-14,24H,2-4,11,15H2,1H3,(H,28,32)(H,29,31). The van der Waals surface area contributed by atoms with Crippen LogP contribution in [-0.2, 0) is 11.3 Å². The van der Waals surface area contributed by atoms with Gasteiger partial charge in [0.1, 0.15) is 11.8 Å². The summed E-state index contributed by atoms with van der Waals surface area (Å²) in [4.78, 5) is 39.8. The molecule has 1 saturated heterocycles. The first-order chi connectivity index (χ1) is 16.4. The Bertz CT molecular complexity index is 1350.